The predicted octanol–water partition coefficient (Wildman–Crippen LogP) is 1.31. The Hall–Kier alpha value is -1.94. The molecule has 1 fully saturated rings. The van der Waals surface area contributed by atoms with E-state index in [0.717, 1.165) is 25.5 Å². The van der Waals surface area contributed by atoms with Gasteiger partial charge in [0.1, 0.15) is 11.5 Å². The maximum atomic E-state index is 13.0. The van der Waals surface area contributed by atoms with Gasteiger partial charge in [-0.25, -0.2) is 4.98 Å². The molecular formula is C18H22ClN5O3S. The second-order valence-corrected chi connectivity index (χ2v) is 8.86. The summed E-state index contributed by atoms with van der Waals surface area (Å²) in [4.78, 5) is 34.3. The van der Waals surface area contributed by atoms with Gasteiger partial charge in [0.05, 0.1) is 27.9 Å². The van der Waals surface area contributed by atoms with Gasteiger partial charge in [-0.15, -0.1) is 11.3 Å². The van der Waals surface area contributed by atoms with Gasteiger partial charge in [-0.05, 0) is 19.2 Å². The zero-order valence-electron chi connectivity index (χ0n) is 15.7. The van der Waals surface area contributed by atoms with Gasteiger partial charge in [-0.3, -0.25) is 14.5 Å². The van der Waals surface area contributed by atoms with E-state index in [1.807, 2.05) is 17.8 Å². The zero-order valence-corrected chi connectivity index (χ0v) is 17.3. The Balaban J connectivity index is 1.44. The van der Waals surface area contributed by atoms with Crippen molar-refractivity contribution in [1.29, 1.82) is 0 Å². The van der Waals surface area contributed by atoms with Crippen LogP contribution in [0.5, 0.6) is 0 Å². The van der Waals surface area contributed by atoms with Crippen LogP contribution in [-0.2, 0) is 17.8 Å². The molecule has 150 valence electrons. The summed E-state index contributed by atoms with van der Waals surface area (Å²) in [5.74, 6) is 0.556. The van der Waals surface area contributed by atoms with Crippen LogP contribution < -0.4 is 5.32 Å². The van der Waals surface area contributed by atoms with E-state index < -0.39 is 0 Å². The van der Waals surface area contributed by atoms with Gasteiger partial charge in [0.2, 0.25) is 0 Å². The summed E-state index contributed by atoms with van der Waals surface area (Å²) in [7, 11) is 3.63. The van der Waals surface area contributed by atoms with Crippen molar-refractivity contribution in [3.8, 4) is 0 Å². The largest absolute Gasteiger partial charge is 0.377 e. The second-order valence-electron chi connectivity index (χ2n) is 7.14. The van der Waals surface area contributed by atoms with Gasteiger partial charge in [0, 0.05) is 39.5 Å². The minimum Gasteiger partial charge on any atom is -0.377 e. The Morgan fingerprint density at radius 1 is 1.32 bits per heavy atom. The van der Waals surface area contributed by atoms with E-state index in [4.69, 9.17) is 16.3 Å². The van der Waals surface area contributed by atoms with Crippen LogP contribution in [0.25, 0.3) is 0 Å². The quantitative estimate of drug-likeness (QED) is 0.802. The number of fused-ring (bicyclic) bond motifs is 1. The number of carbonyl (C=O) groups excluding carboxylic acids is 2. The monoisotopic (exact) mass is 423 g/mol. The molecule has 2 aromatic rings. The van der Waals surface area contributed by atoms with E-state index in [1.54, 1.807) is 24.1 Å². The molecule has 2 aromatic heterocycles. The lowest BCUT2D eigenvalue weighted by atomic mass is 10.2. The molecule has 2 aliphatic heterocycles. The molecule has 0 radical (unpaired) electrons. The highest BCUT2D eigenvalue weighted by Crippen LogP contribution is 2.23. The molecule has 2 atom stereocenters. The molecule has 2 amide bonds. The summed E-state index contributed by atoms with van der Waals surface area (Å²) >= 11 is 7.13. The Kier molecular flexibility index (Phi) is 5.42. The molecule has 0 aromatic carbocycles. The van der Waals surface area contributed by atoms with E-state index in [2.05, 4.69) is 15.2 Å². The van der Waals surface area contributed by atoms with E-state index >= 15 is 0 Å². The van der Waals surface area contributed by atoms with Crippen molar-refractivity contribution in [2.24, 2.45) is 0 Å². The summed E-state index contributed by atoms with van der Waals surface area (Å²) in [6, 6.07) is 3.09. The summed E-state index contributed by atoms with van der Waals surface area (Å²) in [6.07, 6.45) is 1.55. The maximum absolute atomic E-state index is 13.0. The fraction of sp³-hybridized carbons (Fsp3) is 0.500. The lowest BCUT2D eigenvalue weighted by Crippen LogP contribution is -2.43. The summed E-state index contributed by atoms with van der Waals surface area (Å²) in [6.45, 7) is 3.29. The molecule has 0 aliphatic carbocycles. The van der Waals surface area contributed by atoms with E-state index in [1.165, 1.54) is 11.3 Å². The summed E-state index contributed by atoms with van der Waals surface area (Å²) in [5.41, 5.74) is 0.442. The number of halogens is 1. The summed E-state index contributed by atoms with van der Waals surface area (Å²) < 4.78 is 8.11. The standard InChI is InChI=1S/C18H22ClN5O3S/c1-22-5-6-23-8-12(20-16(23)10-22)18(26)24-7-11(13(9-24)27-2)21-17(25)14-3-4-15(19)28-14/h3-4,8,11,13H,5-7,9-10H2,1-2H3,(H,21,25). The lowest BCUT2D eigenvalue weighted by Gasteiger charge is -2.22. The smallest absolute Gasteiger partial charge is 0.274 e. The van der Waals surface area contributed by atoms with Gasteiger partial charge in [0.15, 0.2) is 0 Å². The van der Waals surface area contributed by atoms with Gasteiger partial charge < -0.3 is 19.5 Å². The van der Waals surface area contributed by atoms with Crippen LogP contribution in [0.2, 0.25) is 4.34 Å². The first-order chi connectivity index (χ1) is 13.4. The van der Waals surface area contributed by atoms with E-state index in [0.29, 0.717) is 28.0 Å². The average molecular weight is 424 g/mol. The first-order valence-corrected chi connectivity index (χ1v) is 10.3. The molecule has 1 N–H and O–H groups in total. The number of carbonyl (C=O) groups is 2. The van der Waals surface area contributed by atoms with Gasteiger partial charge in [-0.2, -0.15) is 0 Å². The molecule has 10 heteroatoms. The molecule has 2 aliphatic rings. The SMILES string of the molecule is COC1CN(C(=O)c2cn3c(n2)CN(C)CC3)CC1NC(=O)c1ccc(Cl)s1. The molecular weight excluding hydrogens is 402 g/mol. The first kappa shape index (κ1) is 19.4. The number of hydrogen-bond donors (Lipinski definition) is 1. The number of ether oxygens (including phenoxy) is 1. The minimum atomic E-state index is -0.286. The van der Waals surface area contributed by atoms with Crippen LogP contribution in [0.3, 0.4) is 0 Å². The van der Waals surface area contributed by atoms with Gasteiger partial charge in [0.25, 0.3) is 11.8 Å². The number of nitrogens with one attached hydrogen (secondary N) is 1. The lowest BCUT2D eigenvalue weighted by molar-refractivity contribution is 0.0689. The Bertz CT molecular complexity index is 898. The number of imidazole rings is 1. The number of likely N-dealkylation sites (tertiary alicyclic amines) is 1. The van der Waals surface area contributed by atoms with Crippen molar-refractivity contribution in [2.45, 2.75) is 25.2 Å². The van der Waals surface area contributed by atoms with Crippen LogP contribution >= 0.6 is 22.9 Å². The third-order valence-corrected chi connectivity index (χ3v) is 6.41. The Morgan fingerprint density at radius 3 is 2.86 bits per heavy atom. The zero-order chi connectivity index (χ0) is 19.8. The van der Waals surface area contributed by atoms with Gasteiger partial charge >= 0.3 is 0 Å². The minimum absolute atomic E-state index is 0.137. The number of amides is 2. The number of methoxy groups -OCH3 is 1. The third kappa shape index (κ3) is 3.80. The fourth-order valence-electron chi connectivity index (χ4n) is 3.63. The number of hydrogen-bond acceptors (Lipinski definition) is 6. The van der Waals surface area contributed by atoms with Crippen LogP contribution in [0.1, 0.15) is 26.0 Å². The molecule has 2 unspecified atom stereocenters. The molecule has 28 heavy (non-hydrogen) atoms. The maximum Gasteiger partial charge on any atom is 0.274 e. The molecule has 0 saturated carbocycles. The van der Waals surface area contributed by atoms with Crippen molar-refractivity contribution in [3.63, 3.8) is 0 Å². The molecule has 0 bridgehead atoms. The highest BCUT2D eigenvalue weighted by molar-refractivity contribution is 7.18. The van der Waals surface area contributed by atoms with E-state index in [9.17, 15) is 9.59 Å². The summed E-state index contributed by atoms with van der Waals surface area (Å²) in [5, 5.41) is 2.96. The number of rotatable bonds is 4. The van der Waals surface area contributed by atoms with Crippen LogP contribution in [0, 0.1) is 0 Å². The number of likely N-dealkylation sites (N-methyl/N-ethyl adjacent to an activating group) is 1. The number of nitrogens with zero attached hydrogens (tertiary/aromatic N) is 4. The van der Waals surface area contributed by atoms with Crippen molar-refractivity contribution in [1.82, 2.24) is 24.7 Å². The third-order valence-electron chi connectivity index (χ3n) is 5.18. The van der Waals surface area contributed by atoms with Gasteiger partial charge in [-0.1, -0.05) is 11.6 Å². The Labute approximate surface area is 172 Å². The highest BCUT2D eigenvalue weighted by Gasteiger charge is 2.38. The number of aromatic nitrogens is 2. The number of thiophene rings is 1. The fourth-order valence-corrected chi connectivity index (χ4v) is 4.58. The molecule has 1 saturated heterocycles. The van der Waals surface area contributed by atoms with Crippen LogP contribution in [0.4, 0.5) is 0 Å². The Morgan fingerprint density at radius 2 is 2.14 bits per heavy atom. The molecule has 8 nitrogen and oxygen atoms in total. The second kappa shape index (κ2) is 7.82. The average Bonchev–Trinajstić information content (AvgIpc) is 3.38. The first-order valence-electron chi connectivity index (χ1n) is 9.07. The highest BCUT2D eigenvalue weighted by atomic mass is 35.5. The topological polar surface area (TPSA) is 79.7 Å². The van der Waals surface area contributed by atoms with E-state index in [-0.39, 0.29) is 24.0 Å². The van der Waals surface area contributed by atoms with Crippen molar-refractivity contribution < 1.29 is 14.3 Å². The molecule has 0 spiro atoms. The predicted molar refractivity (Wildman–Crippen MR) is 106 cm³/mol. The van der Waals surface area contributed by atoms with Crippen molar-refractivity contribution in [3.05, 3.63) is 39.1 Å². The van der Waals surface area contributed by atoms with Crippen molar-refractivity contribution >= 4 is 34.8 Å². The van der Waals surface area contributed by atoms with Crippen LogP contribution in [-0.4, -0.2) is 77.1 Å². The molecule has 4 rings (SSSR count). The van der Waals surface area contributed by atoms with Crippen LogP contribution in [0.15, 0.2) is 18.3 Å². The molecule has 4 heterocycles. The van der Waals surface area contributed by atoms with Crippen molar-refractivity contribution in [2.75, 3.05) is 33.8 Å². The normalized spacial score (nSPS) is 22.3.